The van der Waals surface area contributed by atoms with Gasteiger partial charge in [0.2, 0.25) is 0 Å². The van der Waals surface area contributed by atoms with Gasteiger partial charge in [-0.1, -0.05) is 0 Å². The van der Waals surface area contributed by atoms with Gasteiger partial charge in [0.15, 0.2) is 11.6 Å². The molecular weight excluding hydrogens is 306 g/mol. The molecule has 0 atom stereocenters. The van der Waals surface area contributed by atoms with Crippen molar-refractivity contribution < 1.29 is 5.11 Å². The van der Waals surface area contributed by atoms with Crippen molar-refractivity contribution in [3.8, 4) is 11.4 Å². The summed E-state index contributed by atoms with van der Waals surface area (Å²) in [6.45, 7) is 0.285. The minimum atomic E-state index is -0.176. The highest BCUT2D eigenvalue weighted by Crippen LogP contribution is 2.29. The lowest BCUT2D eigenvalue weighted by atomic mass is 10.2. The molecule has 0 spiro atoms. The maximum Gasteiger partial charge on any atom is 0.176 e. The molecule has 24 heavy (non-hydrogen) atoms. The lowest BCUT2D eigenvalue weighted by molar-refractivity contribution is 0.271. The van der Waals surface area contributed by atoms with E-state index in [0.29, 0.717) is 24.0 Å². The number of anilines is 1. The number of aromatic nitrogens is 6. The number of H-pyrrole nitrogens is 1. The molecule has 4 rings (SSSR count). The third-order valence-electron chi connectivity index (χ3n) is 4.00. The van der Waals surface area contributed by atoms with Crippen LogP contribution >= 0.6 is 0 Å². The van der Waals surface area contributed by atoms with Crippen LogP contribution < -0.4 is 5.32 Å². The lowest BCUT2D eigenvalue weighted by Gasteiger charge is -2.11. The Balaban J connectivity index is 1.63. The first-order valence-electron chi connectivity index (χ1n) is 7.88. The Morgan fingerprint density at radius 1 is 1.21 bits per heavy atom. The number of hydrogen-bond donors (Lipinski definition) is 3. The topological polar surface area (TPSA) is 113 Å². The Hall–Kier alpha value is -2.87. The van der Waals surface area contributed by atoms with Crippen LogP contribution in [0.15, 0.2) is 24.5 Å². The summed E-state index contributed by atoms with van der Waals surface area (Å²) in [4.78, 5) is 17.7. The number of nitrogens with zero attached hydrogens (tertiary/aromatic N) is 5. The standard InChI is InChI=1S/C16H17N7O/c24-9-14-20-13(22-23-14)8-18-16-11-4-1-5-12(11)19-15(21-16)10-3-2-6-17-7-10/h2-3,6-7,24H,1,4-5,8-9H2,(H,18,19,21)(H,20,22,23). The Bertz CT molecular complexity index is 847. The van der Waals surface area contributed by atoms with Gasteiger partial charge >= 0.3 is 0 Å². The van der Waals surface area contributed by atoms with Gasteiger partial charge in [0.1, 0.15) is 18.2 Å². The average Bonchev–Trinajstić information content (AvgIpc) is 3.29. The summed E-state index contributed by atoms with van der Waals surface area (Å²) in [5.41, 5.74) is 3.17. The van der Waals surface area contributed by atoms with Crippen LogP contribution in [0.3, 0.4) is 0 Å². The zero-order valence-corrected chi connectivity index (χ0v) is 13.0. The minimum Gasteiger partial charge on any atom is -0.388 e. The molecule has 8 nitrogen and oxygen atoms in total. The average molecular weight is 323 g/mol. The van der Waals surface area contributed by atoms with Crippen LogP contribution in [0, 0.1) is 0 Å². The van der Waals surface area contributed by atoms with Crippen molar-refractivity contribution in [2.45, 2.75) is 32.4 Å². The maximum absolute atomic E-state index is 9.03. The highest BCUT2D eigenvalue weighted by atomic mass is 16.3. The van der Waals surface area contributed by atoms with Crippen LogP contribution in [0.1, 0.15) is 29.3 Å². The van der Waals surface area contributed by atoms with Crippen LogP contribution in [0.4, 0.5) is 5.82 Å². The van der Waals surface area contributed by atoms with E-state index in [1.807, 2.05) is 12.1 Å². The predicted octanol–water partition coefficient (Wildman–Crippen LogP) is 1.25. The van der Waals surface area contributed by atoms with Crippen molar-refractivity contribution in [3.05, 3.63) is 47.4 Å². The number of aromatic amines is 1. The molecule has 3 heterocycles. The van der Waals surface area contributed by atoms with Gasteiger partial charge in [0.05, 0.1) is 6.54 Å². The molecule has 1 aliphatic rings. The van der Waals surface area contributed by atoms with E-state index < -0.39 is 0 Å². The quantitative estimate of drug-likeness (QED) is 0.647. The monoisotopic (exact) mass is 323 g/mol. The summed E-state index contributed by atoms with van der Waals surface area (Å²) < 4.78 is 0. The number of fused-ring (bicyclic) bond motifs is 1. The maximum atomic E-state index is 9.03. The Morgan fingerprint density at radius 3 is 2.96 bits per heavy atom. The van der Waals surface area contributed by atoms with E-state index in [4.69, 9.17) is 10.1 Å². The number of nitrogens with one attached hydrogen (secondary N) is 2. The zero-order chi connectivity index (χ0) is 16.4. The second-order valence-electron chi connectivity index (χ2n) is 5.63. The largest absolute Gasteiger partial charge is 0.388 e. The number of aryl methyl sites for hydroxylation is 1. The van der Waals surface area contributed by atoms with Gasteiger partial charge in [-0.05, 0) is 31.4 Å². The molecule has 0 aromatic carbocycles. The van der Waals surface area contributed by atoms with E-state index in [1.165, 1.54) is 5.56 Å². The molecule has 0 radical (unpaired) electrons. The van der Waals surface area contributed by atoms with Gasteiger partial charge in [-0.15, -0.1) is 0 Å². The SMILES string of the molecule is OCc1n[nH]c(CNc2nc(-c3cccnc3)nc3c2CCC3)n1. The van der Waals surface area contributed by atoms with E-state index in [2.05, 4.69) is 30.5 Å². The summed E-state index contributed by atoms with van der Waals surface area (Å²) in [7, 11) is 0. The number of pyridine rings is 1. The highest BCUT2D eigenvalue weighted by molar-refractivity contribution is 5.59. The summed E-state index contributed by atoms with van der Waals surface area (Å²) in [6, 6.07) is 3.83. The molecule has 0 amide bonds. The summed E-state index contributed by atoms with van der Waals surface area (Å²) in [5.74, 6) is 2.56. The Kier molecular flexibility index (Phi) is 3.87. The van der Waals surface area contributed by atoms with Crippen molar-refractivity contribution in [2.24, 2.45) is 0 Å². The van der Waals surface area contributed by atoms with E-state index >= 15 is 0 Å². The second-order valence-corrected chi connectivity index (χ2v) is 5.63. The molecular formula is C16H17N7O. The molecule has 0 aliphatic heterocycles. The first-order valence-corrected chi connectivity index (χ1v) is 7.88. The van der Waals surface area contributed by atoms with E-state index in [1.54, 1.807) is 12.4 Å². The Labute approximate surface area is 138 Å². The Morgan fingerprint density at radius 2 is 2.17 bits per heavy atom. The molecule has 0 saturated carbocycles. The van der Waals surface area contributed by atoms with Crippen molar-refractivity contribution in [1.82, 2.24) is 30.1 Å². The first kappa shape index (κ1) is 14.7. The van der Waals surface area contributed by atoms with Crippen LogP contribution in [0.5, 0.6) is 0 Å². The molecule has 8 heteroatoms. The molecule has 3 N–H and O–H groups in total. The van der Waals surface area contributed by atoms with E-state index in [0.717, 1.165) is 36.3 Å². The van der Waals surface area contributed by atoms with Gasteiger partial charge in [-0.3, -0.25) is 10.1 Å². The van der Waals surface area contributed by atoms with Gasteiger partial charge in [-0.25, -0.2) is 15.0 Å². The minimum absolute atomic E-state index is 0.176. The molecule has 3 aromatic rings. The van der Waals surface area contributed by atoms with E-state index in [-0.39, 0.29) is 6.61 Å². The van der Waals surface area contributed by atoms with Crippen molar-refractivity contribution >= 4 is 5.82 Å². The van der Waals surface area contributed by atoms with Crippen LogP contribution in [0.25, 0.3) is 11.4 Å². The third kappa shape index (κ3) is 2.83. The van der Waals surface area contributed by atoms with Crippen molar-refractivity contribution in [3.63, 3.8) is 0 Å². The number of hydrogen-bond acceptors (Lipinski definition) is 7. The normalized spacial score (nSPS) is 13.0. The fraction of sp³-hybridized carbons (Fsp3) is 0.312. The van der Waals surface area contributed by atoms with Crippen LogP contribution in [0.2, 0.25) is 0 Å². The van der Waals surface area contributed by atoms with Crippen molar-refractivity contribution in [2.75, 3.05) is 5.32 Å². The number of aliphatic hydroxyl groups is 1. The zero-order valence-electron chi connectivity index (χ0n) is 13.0. The van der Waals surface area contributed by atoms with Crippen LogP contribution in [-0.2, 0) is 26.0 Å². The molecule has 1 aliphatic carbocycles. The second kappa shape index (κ2) is 6.32. The van der Waals surface area contributed by atoms with Crippen LogP contribution in [-0.4, -0.2) is 35.2 Å². The lowest BCUT2D eigenvalue weighted by Crippen LogP contribution is -2.08. The van der Waals surface area contributed by atoms with Gasteiger partial charge in [-0.2, -0.15) is 5.10 Å². The highest BCUT2D eigenvalue weighted by Gasteiger charge is 2.20. The summed E-state index contributed by atoms with van der Waals surface area (Å²) in [6.07, 6.45) is 6.54. The fourth-order valence-electron chi connectivity index (χ4n) is 2.85. The molecule has 122 valence electrons. The molecule has 0 saturated heterocycles. The molecule has 0 unspecified atom stereocenters. The number of rotatable bonds is 5. The number of aliphatic hydroxyl groups excluding tert-OH is 1. The van der Waals surface area contributed by atoms with Gasteiger partial charge in [0, 0.05) is 29.2 Å². The smallest absolute Gasteiger partial charge is 0.176 e. The summed E-state index contributed by atoms with van der Waals surface area (Å²) >= 11 is 0. The third-order valence-corrected chi connectivity index (χ3v) is 4.00. The fourth-order valence-corrected chi connectivity index (χ4v) is 2.85. The first-order chi connectivity index (χ1) is 11.8. The van der Waals surface area contributed by atoms with Gasteiger partial charge < -0.3 is 10.4 Å². The summed E-state index contributed by atoms with van der Waals surface area (Å²) in [5, 5.41) is 19.1. The molecule has 3 aromatic heterocycles. The van der Waals surface area contributed by atoms with Crippen molar-refractivity contribution in [1.29, 1.82) is 0 Å². The molecule has 0 bridgehead atoms. The van der Waals surface area contributed by atoms with E-state index in [9.17, 15) is 0 Å². The van der Waals surface area contributed by atoms with Gasteiger partial charge in [0.25, 0.3) is 0 Å². The predicted molar refractivity (Wildman–Crippen MR) is 86.9 cm³/mol. The molecule has 0 fully saturated rings.